The van der Waals surface area contributed by atoms with Crippen molar-refractivity contribution in [3.05, 3.63) is 126 Å². The van der Waals surface area contributed by atoms with Crippen molar-refractivity contribution in [1.29, 1.82) is 10.5 Å². The first-order valence-electron chi connectivity index (χ1n) is 11.4. The molecule has 0 N–H and O–H groups in total. The van der Waals surface area contributed by atoms with E-state index in [1.807, 2.05) is 18.2 Å². The van der Waals surface area contributed by atoms with E-state index >= 15 is 0 Å². The van der Waals surface area contributed by atoms with Gasteiger partial charge in [0.05, 0.1) is 40.0 Å². The molecule has 0 aliphatic rings. The molecule has 0 saturated heterocycles. The van der Waals surface area contributed by atoms with Gasteiger partial charge in [-0.05, 0) is 47.5 Å². The van der Waals surface area contributed by atoms with E-state index < -0.39 is 0 Å². The summed E-state index contributed by atoms with van der Waals surface area (Å²) in [5.41, 5.74) is 8.15. The second-order valence-electron chi connectivity index (χ2n) is 8.42. The van der Waals surface area contributed by atoms with E-state index in [0.717, 1.165) is 44.2 Å². The van der Waals surface area contributed by atoms with Gasteiger partial charge in [-0.1, -0.05) is 78.9 Å². The minimum absolute atomic E-state index is 0.501. The van der Waals surface area contributed by atoms with Gasteiger partial charge in [-0.2, -0.15) is 10.5 Å². The van der Waals surface area contributed by atoms with E-state index in [1.54, 1.807) is 18.2 Å². The zero-order valence-corrected chi connectivity index (χ0v) is 18.8. The number of para-hydroxylation sites is 2. The molecular formula is C32H19N3. The van der Waals surface area contributed by atoms with Gasteiger partial charge in [0.25, 0.3) is 0 Å². The van der Waals surface area contributed by atoms with Crippen LogP contribution in [0.2, 0.25) is 0 Å². The Bertz CT molecular complexity index is 1780. The second kappa shape index (κ2) is 8.34. The molecule has 0 atom stereocenters. The van der Waals surface area contributed by atoms with E-state index in [0.29, 0.717) is 16.7 Å². The normalized spacial score (nSPS) is 10.8. The van der Waals surface area contributed by atoms with Crippen molar-refractivity contribution in [1.82, 2.24) is 4.57 Å². The Balaban J connectivity index is 1.68. The quantitative estimate of drug-likeness (QED) is 0.278. The lowest BCUT2D eigenvalue weighted by molar-refractivity contribution is 1.18. The summed E-state index contributed by atoms with van der Waals surface area (Å²) in [5, 5.41) is 21.6. The van der Waals surface area contributed by atoms with E-state index in [2.05, 4.69) is 95.6 Å². The first-order chi connectivity index (χ1) is 17.3. The maximum Gasteiger partial charge on any atom is 0.0998 e. The molecule has 0 unspecified atom stereocenters. The fraction of sp³-hybridized carbons (Fsp3) is 0. The molecule has 1 heterocycles. The number of hydrogen-bond donors (Lipinski definition) is 0. The molecule has 0 radical (unpaired) electrons. The second-order valence-corrected chi connectivity index (χ2v) is 8.42. The minimum Gasteiger partial charge on any atom is -0.309 e. The Morgan fingerprint density at radius 1 is 0.514 bits per heavy atom. The summed E-state index contributed by atoms with van der Waals surface area (Å²) in [6.07, 6.45) is 0. The highest BCUT2D eigenvalue weighted by Crippen LogP contribution is 2.38. The van der Waals surface area contributed by atoms with E-state index in [1.165, 1.54) is 0 Å². The molecule has 3 heteroatoms. The van der Waals surface area contributed by atoms with E-state index in [9.17, 15) is 10.5 Å². The Morgan fingerprint density at radius 3 is 1.94 bits per heavy atom. The van der Waals surface area contributed by atoms with Gasteiger partial charge in [0.15, 0.2) is 0 Å². The van der Waals surface area contributed by atoms with Crippen LogP contribution in [-0.2, 0) is 0 Å². The standard InChI is InChI=1S/C32H19N3/c33-20-24-11-8-12-25(21-34)32(24)23-17-18-31-28(19-23)27-14-5-7-16-30(27)35(31)29-15-6-4-13-26(29)22-9-2-1-3-10-22/h1-19H. The van der Waals surface area contributed by atoms with Gasteiger partial charge in [-0.15, -0.1) is 0 Å². The molecule has 6 aromatic rings. The molecule has 0 fully saturated rings. The molecule has 5 aromatic carbocycles. The predicted octanol–water partition coefficient (Wildman–Crippen LogP) is 7.86. The van der Waals surface area contributed by atoms with Crippen LogP contribution in [0.4, 0.5) is 0 Å². The Kier molecular flexibility index (Phi) is 4.88. The minimum atomic E-state index is 0.501. The maximum absolute atomic E-state index is 9.71. The molecule has 1 aromatic heterocycles. The van der Waals surface area contributed by atoms with Crippen LogP contribution in [0, 0.1) is 22.7 Å². The summed E-state index contributed by atoms with van der Waals surface area (Å²) in [6, 6.07) is 43.2. The van der Waals surface area contributed by atoms with Gasteiger partial charge < -0.3 is 4.57 Å². The van der Waals surface area contributed by atoms with E-state index in [4.69, 9.17) is 0 Å². The topological polar surface area (TPSA) is 52.5 Å². The van der Waals surface area contributed by atoms with Crippen LogP contribution in [0.1, 0.15) is 11.1 Å². The molecule has 162 valence electrons. The van der Waals surface area contributed by atoms with Crippen molar-refractivity contribution in [2.24, 2.45) is 0 Å². The van der Waals surface area contributed by atoms with Crippen LogP contribution in [0.25, 0.3) is 49.7 Å². The molecule has 0 spiro atoms. The molecule has 0 saturated carbocycles. The van der Waals surface area contributed by atoms with Crippen molar-refractivity contribution in [3.63, 3.8) is 0 Å². The van der Waals surface area contributed by atoms with Crippen LogP contribution < -0.4 is 0 Å². The lowest BCUT2D eigenvalue weighted by Gasteiger charge is -2.14. The summed E-state index contributed by atoms with van der Waals surface area (Å²) in [7, 11) is 0. The van der Waals surface area contributed by atoms with Crippen molar-refractivity contribution in [2.75, 3.05) is 0 Å². The number of nitrogens with zero attached hydrogens (tertiary/aromatic N) is 3. The van der Waals surface area contributed by atoms with Gasteiger partial charge in [0, 0.05) is 21.9 Å². The first-order valence-corrected chi connectivity index (χ1v) is 11.4. The van der Waals surface area contributed by atoms with Gasteiger partial charge in [0.1, 0.15) is 0 Å². The van der Waals surface area contributed by atoms with Crippen molar-refractivity contribution in [2.45, 2.75) is 0 Å². The average molecular weight is 446 g/mol. The van der Waals surface area contributed by atoms with Gasteiger partial charge >= 0.3 is 0 Å². The molecule has 3 nitrogen and oxygen atoms in total. The number of benzene rings is 5. The van der Waals surface area contributed by atoms with Crippen molar-refractivity contribution < 1.29 is 0 Å². The lowest BCUT2D eigenvalue weighted by Crippen LogP contribution is -1.97. The Hall–Kier alpha value is -5.12. The predicted molar refractivity (Wildman–Crippen MR) is 141 cm³/mol. The summed E-state index contributed by atoms with van der Waals surface area (Å²) in [6.45, 7) is 0. The summed E-state index contributed by atoms with van der Waals surface area (Å²) in [4.78, 5) is 0. The van der Waals surface area contributed by atoms with Crippen molar-refractivity contribution in [3.8, 4) is 40.1 Å². The highest BCUT2D eigenvalue weighted by molar-refractivity contribution is 6.11. The molecule has 0 aliphatic heterocycles. The van der Waals surface area contributed by atoms with Crippen LogP contribution in [-0.4, -0.2) is 4.57 Å². The summed E-state index contributed by atoms with van der Waals surface area (Å²) >= 11 is 0. The van der Waals surface area contributed by atoms with E-state index in [-0.39, 0.29) is 0 Å². The molecule has 6 rings (SSSR count). The number of hydrogen-bond acceptors (Lipinski definition) is 2. The third kappa shape index (κ3) is 3.27. The monoisotopic (exact) mass is 445 g/mol. The summed E-state index contributed by atoms with van der Waals surface area (Å²) < 4.78 is 2.30. The molecule has 35 heavy (non-hydrogen) atoms. The lowest BCUT2D eigenvalue weighted by atomic mass is 9.94. The van der Waals surface area contributed by atoms with Crippen LogP contribution in [0.15, 0.2) is 115 Å². The number of rotatable bonds is 3. The number of fused-ring (bicyclic) bond motifs is 3. The zero-order chi connectivity index (χ0) is 23.8. The highest BCUT2D eigenvalue weighted by atomic mass is 15.0. The number of aromatic nitrogens is 1. The SMILES string of the molecule is N#Cc1cccc(C#N)c1-c1ccc2c(c1)c1ccccc1n2-c1ccccc1-c1ccccc1. The third-order valence-electron chi connectivity index (χ3n) is 6.50. The van der Waals surface area contributed by atoms with Gasteiger partial charge in [-0.25, -0.2) is 0 Å². The molecule has 0 bridgehead atoms. The fourth-order valence-electron chi connectivity index (χ4n) is 4.97. The van der Waals surface area contributed by atoms with Crippen LogP contribution in [0.5, 0.6) is 0 Å². The fourth-order valence-corrected chi connectivity index (χ4v) is 4.97. The highest BCUT2D eigenvalue weighted by Gasteiger charge is 2.17. The largest absolute Gasteiger partial charge is 0.309 e. The van der Waals surface area contributed by atoms with Crippen LogP contribution in [0.3, 0.4) is 0 Å². The number of nitriles is 2. The molecular weight excluding hydrogens is 426 g/mol. The third-order valence-corrected chi connectivity index (χ3v) is 6.50. The first kappa shape index (κ1) is 20.5. The Labute approximate surface area is 203 Å². The summed E-state index contributed by atoms with van der Waals surface area (Å²) in [5.74, 6) is 0. The smallest absolute Gasteiger partial charge is 0.0998 e. The zero-order valence-electron chi connectivity index (χ0n) is 18.8. The molecule has 0 aliphatic carbocycles. The average Bonchev–Trinajstić information content (AvgIpc) is 3.26. The van der Waals surface area contributed by atoms with Gasteiger partial charge in [-0.3, -0.25) is 0 Å². The van der Waals surface area contributed by atoms with Crippen molar-refractivity contribution >= 4 is 21.8 Å². The molecule has 0 amide bonds. The van der Waals surface area contributed by atoms with Crippen LogP contribution >= 0.6 is 0 Å². The van der Waals surface area contributed by atoms with Gasteiger partial charge in [0.2, 0.25) is 0 Å². The Morgan fingerprint density at radius 2 is 1.17 bits per heavy atom. The maximum atomic E-state index is 9.71.